The summed E-state index contributed by atoms with van der Waals surface area (Å²) in [5, 5.41) is 0. The van der Waals surface area contributed by atoms with E-state index in [9.17, 15) is 4.39 Å². The minimum atomic E-state index is -0.840. The number of nitrogens with two attached hydrogens (primary N) is 1. The van der Waals surface area contributed by atoms with Crippen molar-refractivity contribution < 1.29 is 4.39 Å². The van der Waals surface area contributed by atoms with Crippen LogP contribution in [0, 0.1) is 17.3 Å². The number of rotatable bonds is 2. The Bertz CT molecular complexity index is 329. The number of alkyl halides is 2. The summed E-state index contributed by atoms with van der Waals surface area (Å²) in [6, 6.07) is 0. The largest absolute Gasteiger partial charge is 0.330 e. The molecule has 0 saturated heterocycles. The SMILES string of the molecule is CC1C(I)[C@@]1(C)C1=C[C@@H](CN)C[C@H](F)C=C1. The van der Waals surface area contributed by atoms with Gasteiger partial charge in [-0.25, -0.2) is 4.39 Å². The number of halogens is 2. The molecule has 5 atom stereocenters. The number of allylic oxidation sites excluding steroid dienone is 3. The molecule has 0 aromatic heterocycles. The zero-order valence-electron chi connectivity index (χ0n) is 9.79. The Morgan fingerprint density at radius 2 is 2.25 bits per heavy atom. The topological polar surface area (TPSA) is 26.0 Å². The van der Waals surface area contributed by atoms with Crippen LogP contribution in [0.2, 0.25) is 0 Å². The zero-order valence-corrected chi connectivity index (χ0v) is 11.9. The van der Waals surface area contributed by atoms with E-state index in [4.69, 9.17) is 5.73 Å². The van der Waals surface area contributed by atoms with Crippen LogP contribution >= 0.6 is 22.6 Å². The second-order valence-electron chi connectivity index (χ2n) is 5.20. The third kappa shape index (κ3) is 1.96. The minimum absolute atomic E-state index is 0.188. The van der Waals surface area contributed by atoms with Crippen molar-refractivity contribution in [2.45, 2.75) is 30.4 Å². The first-order valence-electron chi connectivity index (χ1n) is 5.88. The second-order valence-corrected chi connectivity index (χ2v) is 6.54. The average Bonchev–Trinajstić information content (AvgIpc) is 2.83. The van der Waals surface area contributed by atoms with Gasteiger partial charge in [-0.15, -0.1) is 0 Å². The maximum atomic E-state index is 13.5. The van der Waals surface area contributed by atoms with E-state index in [0.717, 1.165) is 0 Å². The van der Waals surface area contributed by atoms with Crippen LogP contribution in [0.1, 0.15) is 20.3 Å². The monoisotopic (exact) mass is 335 g/mol. The molecule has 16 heavy (non-hydrogen) atoms. The van der Waals surface area contributed by atoms with E-state index in [2.05, 4.69) is 42.5 Å². The fraction of sp³-hybridized carbons (Fsp3) is 0.692. The second kappa shape index (κ2) is 4.41. The van der Waals surface area contributed by atoms with E-state index in [1.165, 1.54) is 5.57 Å². The van der Waals surface area contributed by atoms with Crippen molar-refractivity contribution >= 4 is 22.6 Å². The van der Waals surface area contributed by atoms with Crippen molar-refractivity contribution in [2.24, 2.45) is 23.0 Å². The first-order chi connectivity index (χ1) is 7.50. The van der Waals surface area contributed by atoms with Gasteiger partial charge >= 0.3 is 0 Å². The maximum absolute atomic E-state index is 13.5. The molecule has 90 valence electrons. The molecule has 2 aliphatic carbocycles. The standard InChI is InChI=1S/C13H19FIN/c1-8-12(15)13(8,2)10-3-4-11(14)6-9(5-10)7-16/h3-5,8-9,11-12H,6-7,16H2,1-2H3/t8?,9-,11-,12?,13-/m1/s1. The molecule has 1 saturated carbocycles. The molecule has 2 unspecified atom stereocenters. The smallest absolute Gasteiger partial charge is 0.119 e. The van der Waals surface area contributed by atoms with Crippen LogP contribution in [0.15, 0.2) is 23.8 Å². The summed E-state index contributed by atoms with van der Waals surface area (Å²) in [7, 11) is 0. The molecule has 0 spiro atoms. The van der Waals surface area contributed by atoms with Gasteiger partial charge in [-0.05, 0) is 30.4 Å². The van der Waals surface area contributed by atoms with Crippen molar-refractivity contribution in [1.82, 2.24) is 0 Å². The summed E-state index contributed by atoms with van der Waals surface area (Å²) in [6.07, 6.45) is 5.57. The van der Waals surface area contributed by atoms with Crippen LogP contribution < -0.4 is 5.73 Å². The van der Waals surface area contributed by atoms with E-state index in [0.29, 0.717) is 22.8 Å². The lowest BCUT2D eigenvalue weighted by Gasteiger charge is -2.15. The first kappa shape index (κ1) is 12.6. The molecule has 2 aliphatic rings. The number of hydrogen-bond acceptors (Lipinski definition) is 1. The van der Waals surface area contributed by atoms with Crippen LogP contribution in [0.4, 0.5) is 4.39 Å². The Morgan fingerprint density at radius 3 is 2.75 bits per heavy atom. The van der Waals surface area contributed by atoms with Crippen LogP contribution in [-0.2, 0) is 0 Å². The highest BCUT2D eigenvalue weighted by atomic mass is 127. The molecule has 3 heteroatoms. The quantitative estimate of drug-likeness (QED) is 0.608. The van der Waals surface area contributed by atoms with Crippen molar-refractivity contribution in [3.8, 4) is 0 Å². The first-order valence-corrected chi connectivity index (χ1v) is 7.13. The Hall–Kier alpha value is 0.100. The van der Waals surface area contributed by atoms with Crippen LogP contribution in [-0.4, -0.2) is 16.6 Å². The Balaban J connectivity index is 2.25. The summed E-state index contributed by atoms with van der Waals surface area (Å²) in [4.78, 5) is 0. The van der Waals surface area contributed by atoms with Crippen LogP contribution in [0.3, 0.4) is 0 Å². The highest BCUT2D eigenvalue weighted by molar-refractivity contribution is 14.1. The highest BCUT2D eigenvalue weighted by Crippen LogP contribution is 2.62. The molecule has 0 aromatic rings. The molecule has 0 bridgehead atoms. The third-order valence-corrected chi connectivity index (χ3v) is 6.57. The van der Waals surface area contributed by atoms with Crippen molar-refractivity contribution in [3.05, 3.63) is 23.8 Å². The van der Waals surface area contributed by atoms with E-state index >= 15 is 0 Å². The van der Waals surface area contributed by atoms with Crippen molar-refractivity contribution in [2.75, 3.05) is 6.54 Å². The highest BCUT2D eigenvalue weighted by Gasteiger charge is 2.58. The molecule has 0 radical (unpaired) electrons. The summed E-state index contributed by atoms with van der Waals surface area (Å²) < 4.78 is 14.1. The molecule has 1 fully saturated rings. The van der Waals surface area contributed by atoms with Gasteiger partial charge < -0.3 is 5.73 Å². The molecule has 0 aromatic carbocycles. The van der Waals surface area contributed by atoms with Crippen molar-refractivity contribution in [3.63, 3.8) is 0 Å². The molecule has 1 nitrogen and oxygen atoms in total. The Morgan fingerprint density at radius 1 is 1.62 bits per heavy atom. The van der Waals surface area contributed by atoms with Gasteiger partial charge in [0.1, 0.15) is 6.17 Å². The molecule has 0 aliphatic heterocycles. The lowest BCUT2D eigenvalue weighted by atomic mass is 9.92. The van der Waals surface area contributed by atoms with E-state index < -0.39 is 6.17 Å². The summed E-state index contributed by atoms with van der Waals surface area (Å²) in [5.41, 5.74) is 7.21. The molecular weight excluding hydrogens is 316 g/mol. The summed E-state index contributed by atoms with van der Waals surface area (Å²) >= 11 is 2.50. The van der Waals surface area contributed by atoms with Crippen LogP contribution in [0.5, 0.6) is 0 Å². The zero-order chi connectivity index (χ0) is 11.9. The van der Waals surface area contributed by atoms with E-state index in [1.807, 2.05) is 6.08 Å². The van der Waals surface area contributed by atoms with Gasteiger partial charge in [0.15, 0.2) is 0 Å². The summed E-state index contributed by atoms with van der Waals surface area (Å²) in [5.74, 6) is 0.867. The predicted octanol–water partition coefficient (Wildman–Crippen LogP) is 3.25. The van der Waals surface area contributed by atoms with Crippen LogP contribution in [0.25, 0.3) is 0 Å². The fourth-order valence-corrected chi connectivity index (χ4v) is 4.03. The third-order valence-electron chi connectivity index (χ3n) is 4.20. The predicted molar refractivity (Wildman–Crippen MR) is 74.4 cm³/mol. The van der Waals surface area contributed by atoms with Gasteiger partial charge in [-0.2, -0.15) is 0 Å². The van der Waals surface area contributed by atoms with Gasteiger partial charge in [0.2, 0.25) is 0 Å². The fourth-order valence-electron chi connectivity index (χ4n) is 2.56. The normalized spacial score (nSPS) is 47.4. The minimum Gasteiger partial charge on any atom is -0.330 e. The van der Waals surface area contributed by atoms with Gasteiger partial charge in [0, 0.05) is 9.34 Å². The van der Waals surface area contributed by atoms with E-state index in [-0.39, 0.29) is 11.3 Å². The lowest BCUT2D eigenvalue weighted by Crippen LogP contribution is -2.16. The molecular formula is C13H19FIN. The number of hydrogen-bond donors (Lipinski definition) is 1. The van der Waals surface area contributed by atoms with Gasteiger partial charge in [-0.1, -0.05) is 54.7 Å². The van der Waals surface area contributed by atoms with Gasteiger partial charge in [0.05, 0.1) is 0 Å². The molecule has 0 heterocycles. The lowest BCUT2D eigenvalue weighted by molar-refractivity contribution is 0.346. The molecule has 0 amide bonds. The van der Waals surface area contributed by atoms with Crippen molar-refractivity contribution in [1.29, 1.82) is 0 Å². The van der Waals surface area contributed by atoms with Gasteiger partial charge in [0.25, 0.3) is 0 Å². The Kier molecular flexibility index (Phi) is 3.46. The Labute approximate surface area is 110 Å². The average molecular weight is 335 g/mol. The molecule has 2 rings (SSSR count). The maximum Gasteiger partial charge on any atom is 0.119 e. The molecule has 2 N–H and O–H groups in total. The van der Waals surface area contributed by atoms with E-state index in [1.54, 1.807) is 6.08 Å². The summed E-state index contributed by atoms with van der Waals surface area (Å²) in [6.45, 7) is 5.08. The van der Waals surface area contributed by atoms with Gasteiger partial charge in [-0.3, -0.25) is 0 Å².